The monoisotopic (exact) mass is 525 g/mol. The summed E-state index contributed by atoms with van der Waals surface area (Å²) in [5.41, 5.74) is 7.22. The minimum absolute atomic E-state index is 0.0586. The van der Waals surface area contributed by atoms with E-state index >= 15 is 0 Å². The van der Waals surface area contributed by atoms with Crippen molar-refractivity contribution in [1.82, 2.24) is 9.80 Å². The molecule has 0 bridgehead atoms. The SMILES string of the molecule is COc1cc2c(cc1OC)[C@H](C(=O)N1CCN(c3cc(C)ccc3C)CC1)[C@@H]1c3ccccc3CCN1C2=O. The number of ether oxygens (including phenoxy) is 2. The van der Waals surface area contributed by atoms with Crippen LogP contribution in [0.15, 0.2) is 54.6 Å². The number of piperazine rings is 1. The fraction of sp³-hybridized carbons (Fsp3) is 0.375. The van der Waals surface area contributed by atoms with E-state index in [0.29, 0.717) is 36.7 Å². The number of hydrogen-bond donors (Lipinski definition) is 0. The second-order valence-corrected chi connectivity index (χ2v) is 10.8. The van der Waals surface area contributed by atoms with Crippen molar-refractivity contribution >= 4 is 17.5 Å². The minimum atomic E-state index is -0.522. The third kappa shape index (κ3) is 4.20. The Balaban J connectivity index is 1.38. The molecule has 0 aromatic heterocycles. The molecule has 39 heavy (non-hydrogen) atoms. The Labute approximate surface area is 229 Å². The van der Waals surface area contributed by atoms with Crippen LogP contribution in [0.5, 0.6) is 11.5 Å². The highest BCUT2D eigenvalue weighted by molar-refractivity contribution is 6.02. The van der Waals surface area contributed by atoms with Crippen LogP contribution < -0.4 is 14.4 Å². The Morgan fingerprint density at radius 1 is 0.846 bits per heavy atom. The summed E-state index contributed by atoms with van der Waals surface area (Å²) in [6.45, 7) is 7.64. The number of carbonyl (C=O) groups is 2. The Bertz CT molecular complexity index is 1440. The van der Waals surface area contributed by atoms with E-state index in [0.717, 1.165) is 30.6 Å². The van der Waals surface area contributed by atoms with Gasteiger partial charge < -0.3 is 24.2 Å². The van der Waals surface area contributed by atoms with Crippen molar-refractivity contribution in [3.63, 3.8) is 0 Å². The molecule has 0 saturated carbocycles. The van der Waals surface area contributed by atoms with Gasteiger partial charge in [0, 0.05) is 44.0 Å². The number of benzene rings is 3. The van der Waals surface area contributed by atoms with Crippen LogP contribution in [-0.4, -0.2) is 68.6 Å². The zero-order chi connectivity index (χ0) is 27.3. The molecule has 3 aliphatic rings. The molecule has 0 unspecified atom stereocenters. The van der Waals surface area contributed by atoms with Gasteiger partial charge in [-0.15, -0.1) is 0 Å². The number of fused-ring (bicyclic) bond motifs is 4. The third-order valence-corrected chi connectivity index (χ3v) is 8.59. The summed E-state index contributed by atoms with van der Waals surface area (Å²) in [5.74, 6) is 0.497. The van der Waals surface area contributed by atoms with Crippen LogP contribution in [-0.2, 0) is 11.2 Å². The molecule has 7 nitrogen and oxygen atoms in total. The first-order chi connectivity index (χ1) is 18.9. The van der Waals surface area contributed by atoms with Crippen LogP contribution >= 0.6 is 0 Å². The molecule has 3 aromatic rings. The van der Waals surface area contributed by atoms with Gasteiger partial charge in [0.2, 0.25) is 5.91 Å². The van der Waals surface area contributed by atoms with Gasteiger partial charge in [-0.3, -0.25) is 9.59 Å². The van der Waals surface area contributed by atoms with Crippen molar-refractivity contribution in [3.05, 3.63) is 88.0 Å². The zero-order valence-corrected chi connectivity index (χ0v) is 23.1. The van der Waals surface area contributed by atoms with Gasteiger partial charge in [-0.25, -0.2) is 0 Å². The summed E-state index contributed by atoms with van der Waals surface area (Å²) in [6, 6.07) is 18.0. The fourth-order valence-corrected chi connectivity index (χ4v) is 6.54. The molecule has 6 rings (SSSR count). The van der Waals surface area contributed by atoms with Gasteiger partial charge >= 0.3 is 0 Å². The molecule has 0 spiro atoms. The molecule has 2 atom stereocenters. The zero-order valence-electron chi connectivity index (χ0n) is 23.1. The highest BCUT2D eigenvalue weighted by atomic mass is 16.5. The molecule has 1 saturated heterocycles. The number of nitrogens with zero attached hydrogens (tertiary/aromatic N) is 3. The van der Waals surface area contributed by atoms with Gasteiger partial charge in [-0.2, -0.15) is 0 Å². The largest absolute Gasteiger partial charge is 0.493 e. The summed E-state index contributed by atoms with van der Waals surface area (Å²) in [6.07, 6.45) is 0.774. The molecule has 3 aliphatic heterocycles. The van der Waals surface area contributed by atoms with Gasteiger partial charge in [0.05, 0.1) is 26.2 Å². The topological polar surface area (TPSA) is 62.3 Å². The molecule has 2 amide bonds. The number of anilines is 1. The van der Waals surface area contributed by atoms with Crippen molar-refractivity contribution in [2.75, 3.05) is 51.8 Å². The summed E-state index contributed by atoms with van der Waals surface area (Å²) in [5, 5.41) is 0. The molecule has 7 heteroatoms. The minimum Gasteiger partial charge on any atom is -0.493 e. The predicted octanol–water partition coefficient (Wildman–Crippen LogP) is 4.51. The Kier molecular flexibility index (Phi) is 6.45. The van der Waals surface area contributed by atoms with Gasteiger partial charge in [0.1, 0.15) is 0 Å². The number of hydrogen-bond acceptors (Lipinski definition) is 5. The summed E-state index contributed by atoms with van der Waals surface area (Å²) in [4.78, 5) is 34.6. The van der Waals surface area contributed by atoms with Crippen LogP contribution in [0.3, 0.4) is 0 Å². The van der Waals surface area contributed by atoms with Crippen LogP contribution in [0.1, 0.15) is 50.1 Å². The molecule has 3 aromatic carbocycles. The average molecular weight is 526 g/mol. The number of rotatable bonds is 4. The van der Waals surface area contributed by atoms with E-state index in [2.05, 4.69) is 49.1 Å². The summed E-state index contributed by atoms with van der Waals surface area (Å²) >= 11 is 0. The number of carbonyl (C=O) groups excluding carboxylic acids is 2. The van der Waals surface area contributed by atoms with E-state index in [1.54, 1.807) is 20.3 Å². The maximum absolute atomic E-state index is 14.5. The van der Waals surface area contributed by atoms with E-state index in [-0.39, 0.29) is 17.9 Å². The highest BCUT2D eigenvalue weighted by Crippen LogP contribution is 2.49. The number of aryl methyl sites for hydroxylation is 2. The average Bonchev–Trinajstić information content (AvgIpc) is 2.97. The molecule has 0 aliphatic carbocycles. The molecule has 3 heterocycles. The number of amides is 2. The normalized spacial score (nSPS) is 20.2. The quantitative estimate of drug-likeness (QED) is 0.502. The van der Waals surface area contributed by atoms with E-state index in [4.69, 9.17) is 9.47 Å². The van der Waals surface area contributed by atoms with E-state index < -0.39 is 5.92 Å². The van der Waals surface area contributed by atoms with Crippen molar-refractivity contribution in [1.29, 1.82) is 0 Å². The Hall–Kier alpha value is -4.00. The molecular weight excluding hydrogens is 490 g/mol. The molecule has 1 fully saturated rings. The lowest BCUT2D eigenvalue weighted by atomic mass is 9.75. The summed E-state index contributed by atoms with van der Waals surface area (Å²) in [7, 11) is 3.15. The van der Waals surface area contributed by atoms with E-state index in [1.165, 1.54) is 22.4 Å². The van der Waals surface area contributed by atoms with Gasteiger partial charge in [-0.05, 0) is 66.3 Å². The van der Waals surface area contributed by atoms with E-state index in [1.807, 2.05) is 28.0 Å². The predicted molar refractivity (Wildman–Crippen MR) is 151 cm³/mol. The molecular formula is C32H35N3O4. The van der Waals surface area contributed by atoms with Crippen molar-refractivity contribution < 1.29 is 19.1 Å². The van der Waals surface area contributed by atoms with Crippen LogP contribution in [0.25, 0.3) is 0 Å². The van der Waals surface area contributed by atoms with Crippen molar-refractivity contribution in [2.24, 2.45) is 0 Å². The van der Waals surface area contributed by atoms with Gasteiger partial charge in [-0.1, -0.05) is 36.4 Å². The third-order valence-electron chi connectivity index (χ3n) is 8.59. The second-order valence-electron chi connectivity index (χ2n) is 10.8. The Morgan fingerprint density at radius 2 is 1.56 bits per heavy atom. The van der Waals surface area contributed by atoms with Crippen molar-refractivity contribution in [3.8, 4) is 11.5 Å². The fourth-order valence-electron chi connectivity index (χ4n) is 6.54. The van der Waals surface area contributed by atoms with Crippen LogP contribution in [0, 0.1) is 13.8 Å². The first kappa shape index (κ1) is 25.3. The smallest absolute Gasteiger partial charge is 0.254 e. The first-order valence-electron chi connectivity index (χ1n) is 13.7. The lowest BCUT2D eigenvalue weighted by Crippen LogP contribution is -2.54. The van der Waals surface area contributed by atoms with Crippen molar-refractivity contribution in [2.45, 2.75) is 32.2 Å². The molecule has 202 valence electrons. The van der Waals surface area contributed by atoms with Crippen LogP contribution in [0.2, 0.25) is 0 Å². The van der Waals surface area contributed by atoms with E-state index in [9.17, 15) is 9.59 Å². The highest BCUT2D eigenvalue weighted by Gasteiger charge is 2.48. The molecule has 0 radical (unpaired) electrons. The first-order valence-corrected chi connectivity index (χ1v) is 13.7. The Morgan fingerprint density at radius 3 is 2.31 bits per heavy atom. The lowest BCUT2D eigenvalue weighted by Gasteiger charge is -2.47. The molecule has 0 N–H and O–H groups in total. The van der Waals surface area contributed by atoms with Crippen LogP contribution in [0.4, 0.5) is 5.69 Å². The maximum atomic E-state index is 14.5. The second kappa shape index (κ2) is 9.95. The standard InChI is InChI=1S/C32H35N3O4/c1-20-9-10-21(2)26(17-20)33-13-15-34(16-14-33)32(37)29-24-18-27(38-3)28(39-4)19-25(24)31(36)35-12-11-22-7-5-6-8-23(22)30(29)35/h5-10,17-19,29-30H,11-16H2,1-4H3/t29-,30-/m0/s1. The number of methoxy groups -OCH3 is 2. The summed E-state index contributed by atoms with van der Waals surface area (Å²) < 4.78 is 11.1. The lowest BCUT2D eigenvalue weighted by molar-refractivity contribution is -0.135. The van der Waals surface area contributed by atoms with Gasteiger partial charge in [0.15, 0.2) is 11.5 Å². The van der Waals surface area contributed by atoms with Gasteiger partial charge in [0.25, 0.3) is 5.91 Å². The maximum Gasteiger partial charge on any atom is 0.254 e.